The zero-order valence-electron chi connectivity index (χ0n) is 8.41. The maximum atomic E-state index is 5.65. The first kappa shape index (κ1) is 8.29. The van der Waals surface area contributed by atoms with Crippen molar-refractivity contribution in [3.8, 4) is 0 Å². The molecule has 0 aliphatic carbocycles. The summed E-state index contributed by atoms with van der Waals surface area (Å²) in [5.41, 5.74) is 8.86. The van der Waals surface area contributed by atoms with E-state index in [1.54, 1.807) is 0 Å². The average molecular weight is 197 g/mol. The largest absolute Gasteiger partial charge is 0.369 e. The van der Waals surface area contributed by atoms with Crippen molar-refractivity contribution in [2.75, 3.05) is 5.73 Å². The number of rotatable bonds is 0. The number of benzene rings is 2. The van der Waals surface area contributed by atoms with Crippen LogP contribution in [-0.2, 0) is 0 Å². The summed E-state index contributed by atoms with van der Waals surface area (Å²) in [7, 11) is 0. The van der Waals surface area contributed by atoms with Gasteiger partial charge in [0.2, 0.25) is 0 Å². The first-order chi connectivity index (χ1) is 7.25. The lowest BCUT2D eigenvalue weighted by Crippen LogP contribution is -1.84. The predicted octanol–water partition coefficient (Wildman–Crippen LogP) is 2.61. The lowest BCUT2D eigenvalue weighted by Gasteiger charge is -2.01. The number of hydrogen-bond donors (Lipinski definition) is 2. The Kier molecular flexibility index (Phi) is 1.51. The maximum Gasteiger partial charge on any atom is 0.198 e. The number of nitrogens with zero attached hydrogens (tertiary/aromatic N) is 1. The monoisotopic (exact) mass is 197 g/mol. The number of H-pyrrole nitrogens is 1. The molecule has 0 fully saturated rings. The Hall–Kier alpha value is -2.03. The second-order valence-electron chi connectivity index (χ2n) is 3.75. The molecule has 3 nitrogen and oxygen atoms in total. The third-order valence-electron chi connectivity index (χ3n) is 2.75. The van der Waals surface area contributed by atoms with E-state index in [9.17, 15) is 0 Å². The van der Waals surface area contributed by atoms with E-state index in [4.69, 9.17) is 5.73 Å². The van der Waals surface area contributed by atoms with E-state index in [2.05, 4.69) is 35.1 Å². The van der Waals surface area contributed by atoms with Crippen LogP contribution in [-0.4, -0.2) is 9.97 Å². The molecule has 0 aliphatic rings. The number of nitrogens with two attached hydrogens (primary N) is 1. The number of aromatic amines is 1. The molecule has 0 saturated carbocycles. The second kappa shape index (κ2) is 2.73. The average Bonchev–Trinajstić information content (AvgIpc) is 2.59. The molecule has 0 saturated heterocycles. The van der Waals surface area contributed by atoms with Crippen molar-refractivity contribution < 1.29 is 0 Å². The normalized spacial score (nSPS) is 11.3. The number of nitrogen functional groups attached to an aromatic ring is 1. The van der Waals surface area contributed by atoms with Crippen LogP contribution in [0, 0.1) is 6.92 Å². The highest BCUT2D eigenvalue weighted by Crippen LogP contribution is 2.26. The minimum absolute atomic E-state index is 0.471. The van der Waals surface area contributed by atoms with E-state index in [0.29, 0.717) is 5.95 Å². The summed E-state index contributed by atoms with van der Waals surface area (Å²) < 4.78 is 0. The molecule has 3 heteroatoms. The van der Waals surface area contributed by atoms with Crippen LogP contribution in [0.5, 0.6) is 0 Å². The predicted molar refractivity (Wildman–Crippen MR) is 62.7 cm³/mol. The number of anilines is 1. The van der Waals surface area contributed by atoms with Gasteiger partial charge in [-0.05, 0) is 23.9 Å². The summed E-state index contributed by atoms with van der Waals surface area (Å²) in [5, 5.41) is 2.39. The van der Waals surface area contributed by atoms with Crippen LogP contribution < -0.4 is 5.73 Å². The smallest absolute Gasteiger partial charge is 0.198 e. The van der Waals surface area contributed by atoms with E-state index in [-0.39, 0.29) is 0 Å². The molecule has 0 aliphatic heterocycles. The van der Waals surface area contributed by atoms with E-state index in [1.807, 2.05) is 12.1 Å². The van der Waals surface area contributed by atoms with Crippen LogP contribution in [0.3, 0.4) is 0 Å². The first-order valence-electron chi connectivity index (χ1n) is 4.89. The molecule has 1 heterocycles. The maximum absolute atomic E-state index is 5.65. The number of aryl methyl sites for hydroxylation is 1. The molecular weight excluding hydrogens is 186 g/mol. The second-order valence-corrected chi connectivity index (χ2v) is 3.75. The molecule has 15 heavy (non-hydrogen) atoms. The van der Waals surface area contributed by atoms with Gasteiger partial charge in [0.15, 0.2) is 5.95 Å². The lowest BCUT2D eigenvalue weighted by molar-refractivity contribution is 1.36. The Morgan fingerprint density at radius 1 is 1.13 bits per heavy atom. The lowest BCUT2D eigenvalue weighted by atomic mass is 10.0. The van der Waals surface area contributed by atoms with Gasteiger partial charge < -0.3 is 10.7 Å². The van der Waals surface area contributed by atoms with Gasteiger partial charge in [-0.15, -0.1) is 0 Å². The number of aromatic nitrogens is 2. The van der Waals surface area contributed by atoms with Gasteiger partial charge in [-0.2, -0.15) is 0 Å². The molecule has 3 aromatic rings. The molecule has 0 amide bonds. The molecule has 0 radical (unpaired) electrons. The molecule has 2 aromatic carbocycles. The molecule has 3 N–H and O–H groups in total. The van der Waals surface area contributed by atoms with Gasteiger partial charge in [0.05, 0.1) is 11.0 Å². The van der Waals surface area contributed by atoms with Gasteiger partial charge in [0.1, 0.15) is 0 Å². The van der Waals surface area contributed by atoms with Crippen LogP contribution in [0.4, 0.5) is 5.95 Å². The molecule has 0 unspecified atom stereocenters. The van der Waals surface area contributed by atoms with E-state index in [0.717, 1.165) is 16.4 Å². The Balaban J connectivity index is 2.59. The zero-order valence-corrected chi connectivity index (χ0v) is 8.41. The van der Waals surface area contributed by atoms with Crippen molar-refractivity contribution in [3.05, 3.63) is 35.9 Å². The highest BCUT2D eigenvalue weighted by atomic mass is 15.0. The van der Waals surface area contributed by atoms with E-state index >= 15 is 0 Å². The first-order valence-corrected chi connectivity index (χ1v) is 4.89. The third-order valence-corrected chi connectivity index (χ3v) is 2.75. The Bertz CT molecular complexity index is 652. The van der Waals surface area contributed by atoms with E-state index < -0.39 is 0 Å². The number of fused-ring (bicyclic) bond motifs is 3. The minimum Gasteiger partial charge on any atom is -0.369 e. The number of hydrogen-bond acceptors (Lipinski definition) is 2. The molecule has 74 valence electrons. The fourth-order valence-corrected chi connectivity index (χ4v) is 2.01. The molecule has 3 rings (SSSR count). The fraction of sp³-hybridized carbons (Fsp3) is 0.0833. The van der Waals surface area contributed by atoms with Gasteiger partial charge in [-0.25, -0.2) is 4.98 Å². The standard InChI is InChI=1S/C12H11N3/c1-7-3-2-4-9-8(7)5-6-10-11(9)15-12(13)14-10/h2-6H,1H3,(H3,13,14,15). The molecule has 0 spiro atoms. The van der Waals surface area contributed by atoms with Crippen molar-refractivity contribution in [1.29, 1.82) is 0 Å². The fourth-order valence-electron chi connectivity index (χ4n) is 2.01. The van der Waals surface area contributed by atoms with Crippen molar-refractivity contribution in [3.63, 3.8) is 0 Å². The summed E-state index contributed by atoms with van der Waals surface area (Å²) in [6.07, 6.45) is 0. The summed E-state index contributed by atoms with van der Waals surface area (Å²) in [6, 6.07) is 10.3. The summed E-state index contributed by atoms with van der Waals surface area (Å²) >= 11 is 0. The Morgan fingerprint density at radius 3 is 2.87 bits per heavy atom. The minimum atomic E-state index is 0.471. The van der Waals surface area contributed by atoms with Crippen LogP contribution in [0.25, 0.3) is 21.8 Å². The Labute approximate surface area is 86.9 Å². The number of imidazole rings is 1. The summed E-state index contributed by atoms with van der Waals surface area (Å²) in [4.78, 5) is 7.34. The van der Waals surface area contributed by atoms with E-state index in [1.165, 1.54) is 10.9 Å². The topological polar surface area (TPSA) is 54.7 Å². The van der Waals surface area contributed by atoms with Gasteiger partial charge in [0, 0.05) is 5.39 Å². The molecule has 0 atom stereocenters. The van der Waals surface area contributed by atoms with Crippen molar-refractivity contribution in [1.82, 2.24) is 9.97 Å². The zero-order chi connectivity index (χ0) is 10.4. The highest BCUT2D eigenvalue weighted by Gasteiger charge is 2.05. The summed E-state index contributed by atoms with van der Waals surface area (Å²) in [5.74, 6) is 0.471. The Morgan fingerprint density at radius 2 is 2.00 bits per heavy atom. The van der Waals surface area contributed by atoms with Gasteiger partial charge >= 0.3 is 0 Å². The number of nitrogens with one attached hydrogen (secondary N) is 1. The third kappa shape index (κ3) is 1.09. The summed E-state index contributed by atoms with van der Waals surface area (Å²) in [6.45, 7) is 2.10. The van der Waals surface area contributed by atoms with Crippen LogP contribution >= 0.6 is 0 Å². The highest BCUT2D eigenvalue weighted by molar-refractivity contribution is 6.05. The van der Waals surface area contributed by atoms with Gasteiger partial charge in [-0.1, -0.05) is 24.3 Å². The van der Waals surface area contributed by atoms with Crippen molar-refractivity contribution in [2.45, 2.75) is 6.92 Å². The quantitative estimate of drug-likeness (QED) is 0.582. The van der Waals surface area contributed by atoms with Crippen LogP contribution in [0.1, 0.15) is 5.56 Å². The molecular formula is C12H11N3. The van der Waals surface area contributed by atoms with Crippen molar-refractivity contribution >= 4 is 27.8 Å². The van der Waals surface area contributed by atoms with Gasteiger partial charge in [-0.3, -0.25) is 0 Å². The van der Waals surface area contributed by atoms with Crippen molar-refractivity contribution in [2.24, 2.45) is 0 Å². The SMILES string of the molecule is Cc1cccc2c1ccc1[nH]c(N)nc12. The molecule has 1 aromatic heterocycles. The van der Waals surface area contributed by atoms with Crippen LogP contribution in [0.15, 0.2) is 30.3 Å². The van der Waals surface area contributed by atoms with Gasteiger partial charge in [0.25, 0.3) is 0 Å². The molecule has 0 bridgehead atoms. The van der Waals surface area contributed by atoms with Crippen LogP contribution in [0.2, 0.25) is 0 Å².